The monoisotopic (exact) mass is 270 g/mol. The molecule has 0 saturated heterocycles. The van der Waals surface area contributed by atoms with Crippen LogP contribution in [-0.2, 0) is 5.41 Å². The predicted octanol–water partition coefficient (Wildman–Crippen LogP) is 1.69. The van der Waals surface area contributed by atoms with Crippen LogP contribution >= 0.6 is 11.3 Å². The maximum atomic E-state index is 11.0. The van der Waals surface area contributed by atoms with Gasteiger partial charge in [0, 0.05) is 11.0 Å². The molecule has 0 bridgehead atoms. The fourth-order valence-corrected chi connectivity index (χ4v) is 2.28. The maximum Gasteiger partial charge on any atom is 0.279 e. The van der Waals surface area contributed by atoms with Crippen molar-refractivity contribution in [3.8, 4) is 0 Å². The Bertz CT molecular complexity index is 420. The topological polar surface area (TPSA) is 80.9 Å². The third kappa shape index (κ3) is 4.34. The molecule has 5 nitrogen and oxygen atoms in total. The molecule has 0 atom stereocenters. The van der Waals surface area contributed by atoms with E-state index < -0.39 is 5.91 Å². The molecule has 1 amide bonds. The van der Waals surface area contributed by atoms with Gasteiger partial charge in [-0.3, -0.25) is 4.79 Å². The number of nitrogens with one attached hydrogen (secondary N) is 1. The van der Waals surface area contributed by atoms with Crippen LogP contribution in [0.1, 0.15) is 55.8 Å². The predicted molar refractivity (Wildman–Crippen MR) is 73.8 cm³/mol. The lowest BCUT2D eigenvalue weighted by Crippen LogP contribution is -2.38. The van der Waals surface area contributed by atoms with E-state index in [4.69, 9.17) is 5.73 Å². The van der Waals surface area contributed by atoms with Gasteiger partial charge >= 0.3 is 0 Å². The molecule has 1 heterocycles. The van der Waals surface area contributed by atoms with Gasteiger partial charge in [-0.2, -0.15) is 0 Å². The van der Waals surface area contributed by atoms with E-state index in [1.54, 1.807) is 0 Å². The van der Waals surface area contributed by atoms with Crippen LogP contribution < -0.4 is 11.1 Å². The van der Waals surface area contributed by atoms with Crippen molar-refractivity contribution in [1.29, 1.82) is 0 Å². The Morgan fingerprint density at radius 1 is 1.28 bits per heavy atom. The Balaban J connectivity index is 2.64. The normalized spacial score (nSPS) is 12.7. The van der Waals surface area contributed by atoms with E-state index in [2.05, 4.69) is 50.1 Å². The van der Waals surface area contributed by atoms with Crippen LogP contribution in [-0.4, -0.2) is 28.2 Å². The SMILES string of the molecule is CC(C)(C)NCCC(C)(C)c1nnc(C(N)=O)s1. The summed E-state index contributed by atoms with van der Waals surface area (Å²) < 4.78 is 0. The second-order valence-electron chi connectivity index (χ2n) is 6.09. The molecule has 0 radical (unpaired) electrons. The molecule has 18 heavy (non-hydrogen) atoms. The fourth-order valence-electron chi connectivity index (χ4n) is 1.45. The van der Waals surface area contributed by atoms with Crippen LogP contribution in [0.2, 0.25) is 0 Å². The molecule has 102 valence electrons. The molecule has 1 rings (SSSR count). The molecule has 0 fully saturated rings. The Kier molecular flexibility index (Phi) is 4.45. The van der Waals surface area contributed by atoms with E-state index in [9.17, 15) is 4.79 Å². The van der Waals surface area contributed by atoms with Crippen molar-refractivity contribution in [2.24, 2.45) is 5.73 Å². The molecule has 0 aliphatic carbocycles. The summed E-state index contributed by atoms with van der Waals surface area (Å²) in [5.41, 5.74) is 5.18. The maximum absolute atomic E-state index is 11.0. The summed E-state index contributed by atoms with van der Waals surface area (Å²) in [6.07, 6.45) is 0.928. The van der Waals surface area contributed by atoms with Gasteiger partial charge in [-0.1, -0.05) is 25.2 Å². The average molecular weight is 270 g/mol. The van der Waals surface area contributed by atoms with E-state index in [0.717, 1.165) is 18.0 Å². The molecule has 3 N–H and O–H groups in total. The van der Waals surface area contributed by atoms with Gasteiger partial charge in [0.25, 0.3) is 5.91 Å². The van der Waals surface area contributed by atoms with E-state index in [1.807, 2.05) is 0 Å². The number of carbonyl (C=O) groups is 1. The van der Waals surface area contributed by atoms with Crippen molar-refractivity contribution < 1.29 is 4.79 Å². The molecule has 0 aliphatic heterocycles. The standard InChI is InChI=1S/C12H22N4OS/c1-11(2,3)14-7-6-12(4,5)10-16-15-9(18-10)8(13)17/h14H,6-7H2,1-5H3,(H2,13,17). The number of hydrogen-bond acceptors (Lipinski definition) is 5. The number of aromatic nitrogens is 2. The quantitative estimate of drug-likeness (QED) is 0.853. The Morgan fingerprint density at radius 2 is 1.89 bits per heavy atom. The summed E-state index contributed by atoms with van der Waals surface area (Å²) in [6.45, 7) is 11.5. The molecule has 0 unspecified atom stereocenters. The first kappa shape index (κ1) is 15.0. The average Bonchev–Trinajstić information content (AvgIpc) is 2.63. The molecule has 0 aromatic carbocycles. The lowest BCUT2D eigenvalue weighted by atomic mass is 9.90. The minimum atomic E-state index is -0.512. The number of primary amides is 1. The highest BCUT2D eigenvalue weighted by atomic mass is 32.1. The Morgan fingerprint density at radius 3 is 2.33 bits per heavy atom. The Labute approximate surface area is 112 Å². The van der Waals surface area contributed by atoms with Crippen molar-refractivity contribution in [2.75, 3.05) is 6.54 Å². The lowest BCUT2D eigenvalue weighted by Gasteiger charge is -2.26. The van der Waals surface area contributed by atoms with E-state index in [1.165, 1.54) is 11.3 Å². The van der Waals surface area contributed by atoms with Gasteiger partial charge in [0.15, 0.2) is 0 Å². The van der Waals surface area contributed by atoms with Crippen LogP contribution in [0.25, 0.3) is 0 Å². The zero-order valence-corrected chi connectivity index (χ0v) is 12.5. The third-order valence-corrected chi connectivity index (χ3v) is 3.92. The number of hydrogen-bond donors (Lipinski definition) is 2. The summed E-state index contributed by atoms with van der Waals surface area (Å²) in [6, 6.07) is 0. The minimum Gasteiger partial charge on any atom is -0.363 e. The first-order valence-electron chi connectivity index (χ1n) is 6.01. The van der Waals surface area contributed by atoms with E-state index >= 15 is 0 Å². The van der Waals surface area contributed by atoms with Crippen molar-refractivity contribution in [1.82, 2.24) is 15.5 Å². The third-order valence-electron chi connectivity index (χ3n) is 2.62. The van der Waals surface area contributed by atoms with Crippen LogP contribution in [0.4, 0.5) is 0 Å². The first-order chi connectivity index (χ1) is 8.12. The first-order valence-corrected chi connectivity index (χ1v) is 6.82. The summed E-state index contributed by atoms with van der Waals surface area (Å²) >= 11 is 1.28. The number of nitrogens with two attached hydrogens (primary N) is 1. The smallest absolute Gasteiger partial charge is 0.279 e. The highest BCUT2D eigenvalue weighted by Crippen LogP contribution is 2.29. The van der Waals surface area contributed by atoms with Crippen LogP contribution in [0, 0.1) is 0 Å². The van der Waals surface area contributed by atoms with Crippen LogP contribution in [0.15, 0.2) is 0 Å². The van der Waals surface area contributed by atoms with Crippen LogP contribution in [0.3, 0.4) is 0 Å². The number of rotatable bonds is 5. The fraction of sp³-hybridized carbons (Fsp3) is 0.750. The van der Waals surface area contributed by atoms with Gasteiger partial charge in [-0.25, -0.2) is 0 Å². The van der Waals surface area contributed by atoms with Crippen LogP contribution in [0.5, 0.6) is 0 Å². The van der Waals surface area contributed by atoms with Gasteiger partial charge in [0.2, 0.25) is 5.01 Å². The Hall–Kier alpha value is -1.01. The summed E-state index contributed by atoms with van der Waals surface area (Å²) in [7, 11) is 0. The second-order valence-corrected chi connectivity index (χ2v) is 7.06. The number of amides is 1. The van der Waals surface area contributed by atoms with Crippen molar-refractivity contribution in [3.63, 3.8) is 0 Å². The summed E-state index contributed by atoms with van der Waals surface area (Å²) in [5.74, 6) is -0.512. The zero-order chi connectivity index (χ0) is 14.0. The van der Waals surface area contributed by atoms with Gasteiger partial charge in [-0.15, -0.1) is 10.2 Å². The summed E-state index contributed by atoms with van der Waals surface area (Å²) in [5, 5.41) is 12.5. The largest absolute Gasteiger partial charge is 0.363 e. The zero-order valence-electron chi connectivity index (χ0n) is 11.7. The summed E-state index contributed by atoms with van der Waals surface area (Å²) in [4.78, 5) is 11.0. The lowest BCUT2D eigenvalue weighted by molar-refractivity contribution is 0.0999. The molecule has 0 aliphatic rings. The van der Waals surface area contributed by atoms with Crippen molar-refractivity contribution >= 4 is 17.2 Å². The second kappa shape index (κ2) is 5.32. The molecule has 0 spiro atoms. The van der Waals surface area contributed by atoms with E-state index in [-0.39, 0.29) is 16.0 Å². The van der Waals surface area contributed by atoms with Gasteiger partial charge in [0.1, 0.15) is 5.01 Å². The molecular formula is C12H22N4OS. The van der Waals surface area contributed by atoms with Gasteiger partial charge < -0.3 is 11.1 Å². The van der Waals surface area contributed by atoms with Crippen molar-refractivity contribution in [2.45, 2.75) is 52.0 Å². The van der Waals surface area contributed by atoms with Gasteiger partial charge in [-0.05, 0) is 33.7 Å². The highest BCUT2D eigenvalue weighted by molar-refractivity contribution is 7.13. The highest BCUT2D eigenvalue weighted by Gasteiger charge is 2.26. The number of carbonyl (C=O) groups excluding carboxylic acids is 1. The van der Waals surface area contributed by atoms with Gasteiger partial charge in [0.05, 0.1) is 0 Å². The molecule has 0 saturated carbocycles. The van der Waals surface area contributed by atoms with E-state index in [0.29, 0.717) is 0 Å². The molecule has 1 aromatic heterocycles. The number of nitrogens with zero attached hydrogens (tertiary/aromatic N) is 2. The van der Waals surface area contributed by atoms with Crippen molar-refractivity contribution in [3.05, 3.63) is 10.0 Å². The molecular weight excluding hydrogens is 248 g/mol. The molecule has 6 heteroatoms. The molecule has 1 aromatic rings. The minimum absolute atomic E-state index is 0.107.